The standard InChI is InChI=1S/C34H7F11N6/c1-10-12(33(50-2)51-3)4-14-18(10)19(22-29(39)25(35)16(8-48)26(36)30(22)40)15-5-13(11(6-46)7-47)24(34(43,44)45)21(15)20(14)23-31(41)27(37)17(9-49)28(38)32(23)42/h4-5H2,1H3. The fourth-order valence-corrected chi connectivity index (χ4v) is 6.32. The number of hydrogen-bond donors (Lipinski definition) is 0. The lowest BCUT2D eigenvalue weighted by Gasteiger charge is -2.20. The molecule has 0 N–H and O–H groups in total. The summed E-state index contributed by atoms with van der Waals surface area (Å²) in [6, 6.07) is 4.09. The highest BCUT2D eigenvalue weighted by Crippen LogP contribution is 2.46. The molecule has 0 fully saturated rings. The van der Waals surface area contributed by atoms with Gasteiger partial charge in [0, 0.05) is 12.0 Å². The van der Waals surface area contributed by atoms with Gasteiger partial charge in [-0.3, -0.25) is 0 Å². The molecule has 0 saturated heterocycles. The quantitative estimate of drug-likeness (QED) is 0.121. The zero-order chi connectivity index (χ0) is 38.0. The number of nitrogens with zero attached hydrogens (tertiary/aromatic N) is 6. The average Bonchev–Trinajstić information content (AvgIpc) is 3.64. The number of hydrogen-bond acceptors (Lipinski definition) is 4. The van der Waals surface area contributed by atoms with Crippen LogP contribution in [0.2, 0.25) is 0 Å². The van der Waals surface area contributed by atoms with Crippen LogP contribution in [0.1, 0.15) is 29.2 Å². The van der Waals surface area contributed by atoms with Crippen molar-refractivity contribution >= 4 is 11.1 Å². The number of rotatable bonds is 2. The minimum Gasteiger partial charge on any atom is -0.203 e. The van der Waals surface area contributed by atoms with Crippen molar-refractivity contribution in [3.63, 3.8) is 0 Å². The van der Waals surface area contributed by atoms with E-state index in [-0.39, 0.29) is 0 Å². The van der Waals surface area contributed by atoms with Gasteiger partial charge in [0.05, 0.1) is 22.3 Å². The Morgan fingerprint density at radius 1 is 0.588 bits per heavy atom. The molecular weight excluding hydrogens is 701 g/mol. The maximum atomic E-state index is 15.8. The second kappa shape index (κ2) is 12.2. The van der Waals surface area contributed by atoms with Crippen molar-refractivity contribution in [1.29, 1.82) is 21.0 Å². The Morgan fingerprint density at radius 3 is 1.31 bits per heavy atom. The fraction of sp³-hybridized carbons (Fsp3) is 0.118. The van der Waals surface area contributed by atoms with E-state index < -0.39 is 154 Å². The minimum atomic E-state index is -5.76. The summed E-state index contributed by atoms with van der Waals surface area (Å²) in [6.07, 6.45) is -8.16. The van der Waals surface area contributed by atoms with Gasteiger partial charge in [-0.05, 0) is 51.6 Å². The number of halogens is 11. The lowest BCUT2D eigenvalue weighted by Crippen LogP contribution is -2.29. The molecule has 2 aliphatic carbocycles. The van der Waals surface area contributed by atoms with Gasteiger partial charge in [0.25, 0.3) is 0 Å². The molecule has 0 heterocycles. The third-order valence-electron chi connectivity index (χ3n) is 8.33. The number of fused-ring (bicyclic) bond motifs is 2. The molecule has 51 heavy (non-hydrogen) atoms. The highest BCUT2D eigenvalue weighted by molar-refractivity contribution is 5.93. The van der Waals surface area contributed by atoms with Crippen LogP contribution in [0.5, 0.6) is 0 Å². The lowest BCUT2D eigenvalue weighted by atomic mass is 9.85. The summed E-state index contributed by atoms with van der Waals surface area (Å²) in [5, 5.41) is 34.9. The van der Waals surface area contributed by atoms with Gasteiger partial charge in [0.15, 0.2) is 46.5 Å². The fourth-order valence-electron chi connectivity index (χ4n) is 6.32. The average molecular weight is 708 g/mol. The molecule has 17 heteroatoms. The molecule has 3 aromatic rings. The van der Waals surface area contributed by atoms with E-state index in [1.807, 2.05) is 0 Å². The second-order valence-electron chi connectivity index (χ2n) is 10.6. The minimum absolute atomic E-state index is 0.433. The highest BCUT2D eigenvalue weighted by Gasteiger charge is 2.46. The van der Waals surface area contributed by atoms with E-state index in [1.54, 1.807) is 0 Å². The van der Waals surface area contributed by atoms with Gasteiger partial charge in [-0.25, -0.2) is 35.1 Å². The Labute approximate surface area is 277 Å². The van der Waals surface area contributed by atoms with E-state index in [4.69, 9.17) is 23.7 Å². The van der Waals surface area contributed by atoms with Gasteiger partial charge in [-0.15, -0.1) is 0 Å². The van der Waals surface area contributed by atoms with E-state index in [1.165, 1.54) is 12.1 Å². The van der Waals surface area contributed by atoms with Crippen molar-refractivity contribution < 1.29 is 48.3 Å². The van der Waals surface area contributed by atoms with Crippen LogP contribution in [0, 0.1) is 105 Å². The van der Waals surface area contributed by atoms with Gasteiger partial charge in [-0.1, -0.05) is 0 Å². The maximum Gasteiger partial charge on any atom is 0.523 e. The van der Waals surface area contributed by atoms with Crippen molar-refractivity contribution in [2.75, 3.05) is 0 Å². The van der Waals surface area contributed by atoms with Crippen LogP contribution in [-0.2, 0) is 12.8 Å². The Hall–Kier alpha value is -6.95. The van der Waals surface area contributed by atoms with Crippen LogP contribution < -0.4 is 10.4 Å². The third kappa shape index (κ3) is 4.79. The molecule has 3 aromatic carbocycles. The molecular formula is C34H7F11N6. The summed E-state index contributed by atoms with van der Waals surface area (Å²) in [4.78, 5) is 5.94. The number of benzene rings is 3. The van der Waals surface area contributed by atoms with Crippen molar-refractivity contribution in [3.8, 4) is 46.5 Å². The van der Waals surface area contributed by atoms with E-state index >= 15 is 48.3 Å². The third-order valence-corrected chi connectivity index (χ3v) is 8.33. The predicted octanol–water partition coefficient (Wildman–Crippen LogP) is 7.27. The SMILES string of the molecule is [C-]#[N+]C([N+]#[C-])=C1Cc2c(-c3c(F)c(F)c(C#N)c(F)c3F)c3c(c(-c4c(F)c(F)c(C#N)c(F)c4F)c2=C1C)CC(=C(C#N)C#N)C=3C(F)(F)F. The molecule has 0 aliphatic heterocycles. The van der Waals surface area contributed by atoms with Gasteiger partial charge in [-0.2, -0.15) is 43.9 Å². The smallest absolute Gasteiger partial charge is 0.203 e. The molecule has 6 nitrogen and oxygen atoms in total. The topological polar surface area (TPSA) is 104 Å². The molecule has 250 valence electrons. The van der Waals surface area contributed by atoms with Crippen LogP contribution in [0.25, 0.3) is 43.1 Å². The molecule has 5 rings (SSSR count). The molecule has 0 spiro atoms. The van der Waals surface area contributed by atoms with Crippen LogP contribution >= 0.6 is 0 Å². The number of allylic oxidation sites excluding steroid dienone is 3. The van der Waals surface area contributed by atoms with Crippen molar-refractivity contribution in [3.05, 3.63) is 125 Å². The van der Waals surface area contributed by atoms with Gasteiger partial charge < -0.3 is 0 Å². The first-order valence-electron chi connectivity index (χ1n) is 13.5. The first kappa shape index (κ1) is 35.4. The van der Waals surface area contributed by atoms with Gasteiger partial charge in [0.1, 0.15) is 54.1 Å². The summed E-state index contributed by atoms with van der Waals surface area (Å²) >= 11 is 0. The molecule has 0 unspecified atom stereocenters. The molecule has 0 radical (unpaired) electrons. The summed E-state index contributed by atoms with van der Waals surface area (Å²) in [7, 11) is 0. The highest BCUT2D eigenvalue weighted by atomic mass is 19.4. The summed E-state index contributed by atoms with van der Waals surface area (Å²) in [5.41, 5.74) is -17.5. The monoisotopic (exact) mass is 708 g/mol. The maximum absolute atomic E-state index is 15.8. The second-order valence-corrected chi connectivity index (χ2v) is 10.6. The predicted molar refractivity (Wildman–Crippen MR) is 150 cm³/mol. The Balaban J connectivity index is 2.32. The summed E-state index contributed by atoms with van der Waals surface area (Å²) in [5.74, 6) is -19.9. The lowest BCUT2D eigenvalue weighted by molar-refractivity contribution is -0.0695. The molecule has 0 atom stereocenters. The molecule has 0 amide bonds. The number of alkyl halides is 3. The van der Waals surface area contributed by atoms with Gasteiger partial charge >= 0.3 is 12.0 Å². The Kier molecular flexibility index (Phi) is 8.45. The number of nitriles is 4. The Morgan fingerprint density at radius 2 is 0.961 bits per heavy atom. The van der Waals surface area contributed by atoms with Crippen LogP contribution in [0.15, 0.2) is 22.5 Å². The first-order valence-corrected chi connectivity index (χ1v) is 13.5. The molecule has 0 saturated carbocycles. The van der Waals surface area contributed by atoms with Crippen LogP contribution in [0.4, 0.5) is 48.3 Å². The van der Waals surface area contributed by atoms with Crippen LogP contribution in [-0.4, -0.2) is 6.18 Å². The molecule has 0 bridgehead atoms. The van der Waals surface area contributed by atoms with Gasteiger partial charge in [0.2, 0.25) is 0 Å². The van der Waals surface area contributed by atoms with E-state index in [2.05, 4.69) is 9.69 Å². The van der Waals surface area contributed by atoms with Crippen molar-refractivity contribution in [2.45, 2.75) is 25.9 Å². The van der Waals surface area contributed by atoms with Crippen LogP contribution in [0.3, 0.4) is 0 Å². The largest absolute Gasteiger partial charge is 0.523 e. The molecule has 2 aliphatic rings. The zero-order valence-corrected chi connectivity index (χ0v) is 24.8. The van der Waals surface area contributed by atoms with Crippen molar-refractivity contribution in [1.82, 2.24) is 0 Å². The van der Waals surface area contributed by atoms with Crippen molar-refractivity contribution in [2.24, 2.45) is 0 Å². The van der Waals surface area contributed by atoms with E-state index in [9.17, 15) is 10.5 Å². The summed E-state index contributed by atoms with van der Waals surface area (Å²) < 4.78 is 169. The summed E-state index contributed by atoms with van der Waals surface area (Å²) in [6.45, 7) is 15.8. The normalized spacial score (nSPS) is 13.1. The molecule has 0 aromatic heterocycles. The Bertz CT molecular complexity index is 2590. The zero-order valence-electron chi connectivity index (χ0n) is 24.8. The van der Waals surface area contributed by atoms with E-state index in [0.717, 1.165) is 19.1 Å². The first-order chi connectivity index (χ1) is 24.0. The van der Waals surface area contributed by atoms with E-state index in [0.29, 0.717) is 0 Å².